The molecule has 0 unspecified atom stereocenters. The number of amides is 2. The van der Waals surface area contributed by atoms with Gasteiger partial charge in [0.25, 0.3) is 0 Å². The topological polar surface area (TPSA) is 70.2 Å². The molecule has 0 aliphatic carbocycles. The lowest BCUT2D eigenvalue weighted by molar-refractivity contribution is -0.124. The average Bonchev–Trinajstić information content (AvgIpc) is 2.58. The molecule has 26 heavy (non-hydrogen) atoms. The van der Waals surface area contributed by atoms with E-state index in [1.807, 2.05) is 58.0 Å². The van der Waals surface area contributed by atoms with Gasteiger partial charge >= 0.3 is 0 Å². The lowest BCUT2D eigenvalue weighted by atomic mass is 10.1. The molecule has 3 N–H and O–H groups in total. The third-order valence-electron chi connectivity index (χ3n) is 4.32. The predicted molar refractivity (Wildman–Crippen MR) is 107 cm³/mol. The number of hydrogen-bond donors (Lipinski definition) is 3. The molecule has 0 heterocycles. The number of para-hydroxylation sites is 1. The predicted octanol–water partition coefficient (Wildman–Crippen LogP) is 3.48. The number of benzene rings is 2. The largest absolute Gasteiger partial charge is 0.374 e. The summed E-state index contributed by atoms with van der Waals surface area (Å²) in [6, 6.07) is 11.4. The Balaban J connectivity index is 1.88. The van der Waals surface area contributed by atoms with Crippen LogP contribution < -0.4 is 16.0 Å². The smallest absolute Gasteiger partial charge is 0.243 e. The van der Waals surface area contributed by atoms with E-state index >= 15 is 0 Å². The maximum atomic E-state index is 12.3. The van der Waals surface area contributed by atoms with Gasteiger partial charge in [-0.15, -0.1) is 0 Å². The molecule has 2 rings (SSSR count). The van der Waals surface area contributed by atoms with Crippen molar-refractivity contribution in [3.8, 4) is 0 Å². The zero-order valence-electron chi connectivity index (χ0n) is 16.1. The molecule has 0 aromatic heterocycles. The van der Waals surface area contributed by atoms with Crippen LogP contribution >= 0.6 is 0 Å². The SMILES string of the molecule is Cc1ccc(N[C@H](C)C(=O)NCC(=O)Nc2c(C)cccc2C)c(C)c1. The normalized spacial score (nSPS) is 11.6. The Morgan fingerprint density at radius 3 is 2.23 bits per heavy atom. The van der Waals surface area contributed by atoms with Crippen molar-refractivity contribution in [1.29, 1.82) is 0 Å². The molecule has 0 radical (unpaired) electrons. The van der Waals surface area contributed by atoms with E-state index in [1.165, 1.54) is 5.56 Å². The van der Waals surface area contributed by atoms with Crippen molar-refractivity contribution < 1.29 is 9.59 Å². The number of carbonyl (C=O) groups excluding carboxylic acids is 2. The van der Waals surface area contributed by atoms with Gasteiger partial charge in [0, 0.05) is 11.4 Å². The first kappa shape index (κ1) is 19.5. The number of anilines is 2. The fourth-order valence-electron chi connectivity index (χ4n) is 2.79. The molecule has 0 fully saturated rings. The minimum atomic E-state index is -0.440. The van der Waals surface area contributed by atoms with E-state index in [-0.39, 0.29) is 18.4 Å². The van der Waals surface area contributed by atoms with Crippen molar-refractivity contribution in [3.05, 3.63) is 58.7 Å². The van der Waals surface area contributed by atoms with E-state index < -0.39 is 6.04 Å². The van der Waals surface area contributed by atoms with Crippen LogP contribution in [0, 0.1) is 27.7 Å². The molecule has 138 valence electrons. The fourth-order valence-corrected chi connectivity index (χ4v) is 2.79. The summed E-state index contributed by atoms with van der Waals surface area (Å²) in [7, 11) is 0. The molecule has 2 amide bonds. The van der Waals surface area contributed by atoms with E-state index in [4.69, 9.17) is 0 Å². The van der Waals surface area contributed by atoms with Crippen molar-refractivity contribution >= 4 is 23.2 Å². The average molecular weight is 353 g/mol. The highest BCUT2D eigenvalue weighted by Gasteiger charge is 2.15. The summed E-state index contributed by atoms with van der Waals surface area (Å²) >= 11 is 0. The summed E-state index contributed by atoms with van der Waals surface area (Å²) in [6.45, 7) is 9.62. The number of nitrogens with one attached hydrogen (secondary N) is 3. The van der Waals surface area contributed by atoms with Gasteiger partial charge in [-0.3, -0.25) is 9.59 Å². The molecule has 2 aromatic carbocycles. The van der Waals surface area contributed by atoms with Crippen molar-refractivity contribution in [3.63, 3.8) is 0 Å². The third kappa shape index (κ3) is 5.09. The van der Waals surface area contributed by atoms with Gasteiger partial charge in [-0.2, -0.15) is 0 Å². The maximum Gasteiger partial charge on any atom is 0.243 e. The zero-order valence-corrected chi connectivity index (χ0v) is 16.1. The van der Waals surface area contributed by atoms with Gasteiger partial charge in [-0.1, -0.05) is 35.9 Å². The van der Waals surface area contributed by atoms with Gasteiger partial charge in [0.1, 0.15) is 6.04 Å². The minimum Gasteiger partial charge on any atom is -0.374 e. The van der Waals surface area contributed by atoms with Crippen molar-refractivity contribution in [2.24, 2.45) is 0 Å². The van der Waals surface area contributed by atoms with Gasteiger partial charge in [0.2, 0.25) is 11.8 Å². The molecule has 0 bridgehead atoms. The lowest BCUT2D eigenvalue weighted by Crippen LogP contribution is -2.41. The standard InChI is InChI=1S/C21H27N3O2/c1-13-9-10-18(16(4)11-13)23-17(5)21(26)22-12-19(25)24-20-14(2)7-6-8-15(20)3/h6-11,17,23H,12H2,1-5H3,(H,22,26)(H,24,25)/t17-/m1/s1. The van der Waals surface area contributed by atoms with E-state index in [9.17, 15) is 9.59 Å². The summed E-state index contributed by atoms with van der Waals surface area (Å²) in [5.41, 5.74) is 5.96. The van der Waals surface area contributed by atoms with Crippen LogP contribution in [0.15, 0.2) is 36.4 Å². The number of aryl methyl sites for hydroxylation is 4. The molecule has 0 aliphatic rings. The second kappa shape index (κ2) is 8.52. The van der Waals surface area contributed by atoms with Gasteiger partial charge < -0.3 is 16.0 Å². The Bertz CT molecular complexity index is 795. The van der Waals surface area contributed by atoms with Crippen LogP contribution in [0.4, 0.5) is 11.4 Å². The molecule has 0 aliphatic heterocycles. The molecule has 0 saturated carbocycles. The minimum absolute atomic E-state index is 0.0640. The molecule has 5 heteroatoms. The monoisotopic (exact) mass is 353 g/mol. The second-order valence-corrected chi connectivity index (χ2v) is 6.72. The highest BCUT2D eigenvalue weighted by molar-refractivity contribution is 5.96. The Hall–Kier alpha value is -2.82. The highest BCUT2D eigenvalue weighted by atomic mass is 16.2. The highest BCUT2D eigenvalue weighted by Crippen LogP contribution is 2.19. The van der Waals surface area contributed by atoms with Crippen LogP contribution in [0.5, 0.6) is 0 Å². The van der Waals surface area contributed by atoms with E-state index in [1.54, 1.807) is 6.92 Å². The molecular weight excluding hydrogens is 326 g/mol. The Kier molecular flexibility index (Phi) is 6.39. The fraction of sp³-hybridized carbons (Fsp3) is 0.333. The lowest BCUT2D eigenvalue weighted by Gasteiger charge is -2.17. The first-order chi connectivity index (χ1) is 12.3. The summed E-state index contributed by atoms with van der Waals surface area (Å²) in [6.07, 6.45) is 0. The summed E-state index contributed by atoms with van der Waals surface area (Å²) in [5.74, 6) is -0.462. The van der Waals surface area contributed by atoms with Crippen LogP contribution in [0.1, 0.15) is 29.2 Å². The van der Waals surface area contributed by atoms with Gasteiger partial charge in [-0.25, -0.2) is 0 Å². The first-order valence-electron chi connectivity index (χ1n) is 8.75. The van der Waals surface area contributed by atoms with E-state index in [0.717, 1.165) is 28.1 Å². The van der Waals surface area contributed by atoms with E-state index in [0.29, 0.717) is 0 Å². The summed E-state index contributed by atoms with van der Waals surface area (Å²) in [5, 5.41) is 8.73. The second-order valence-electron chi connectivity index (χ2n) is 6.72. The van der Waals surface area contributed by atoms with Crippen LogP contribution in [0.3, 0.4) is 0 Å². The summed E-state index contributed by atoms with van der Waals surface area (Å²) in [4.78, 5) is 24.4. The van der Waals surface area contributed by atoms with Gasteiger partial charge in [0.15, 0.2) is 0 Å². The van der Waals surface area contributed by atoms with Crippen LogP contribution in [-0.2, 0) is 9.59 Å². The van der Waals surface area contributed by atoms with E-state index in [2.05, 4.69) is 22.0 Å². The van der Waals surface area contributed by atoms with Crippen LogP contribution in [0.2, 0.25) is 0 Å². The molecule has 2 aromatic rings. The number of hydrogen-bond acceptors (Lipinski definition) is 3. The molecule has 1 atom stereocenters. The Morgan fingerprint density at radius 2 is 1.62 bits per heavy atom. The first-order valence-corrected chi connectivity index (χ1v) is 8.75. The Morgan fingerprint density at radius 1 is 0.962 bits per heavy atom. The molecule has 0 spiro atoms. The molecule has 5 nitrogen and oxygen atoms in total. The van der Waals surface area contributed by atoms with Crippen LogP contribution in [0.25, 0.3) is 0 Å². The molecule has 0 saturated heterocycles. The van der Waals surface area contributed by atoms with Crippen molar-refractivity contribution in [1.82, 2.24) is 5.32 Å². The van der Waals surface area contributed by atoms with Crippen molar-refractivity contribution in [2.45, 2.75) is 40.7 Å². The maximum absolute atomic E-state index is 12.3. The van der Waals surface area contributed by atoms with Gasteiger partial charge in [-0.05, 0) is 57.4 Å². The Labute approximate surface area is 155 Å². The number of rotatable bonds is 6. The quantitative estimate of drug-likeness (QED) is 0.745. The summed E-state index contributed by atoms with van der Waals surface area (Å²) < 4.78 is 0. The third-order valence-corrected chi connectivity index (χ3v) is 4.32. The molecular formula is C21H27N3O2. The number of carbonyl (C=O) groups is 2. The van der Waals surface area contributed by atoms with Crippen LogP contribution in [-0.4, -0.2) is 24.4 Å². The van der Waals surface area contributed by atoms with Gasteiger partial charge in [0.05, 0.1) is 6.54 Å². The zero-order chi connectivity index (χ0) is 19.3. The van der Waals surface area contributed by atoms with Crippen molar-refractivity contribution in [2.75, 3.05) is 17.2 Å².